The molecular formula is C18H28ClN3O2. The Kier molecular flexibility index (Phi) is 7.70. The highest BCUT2D eigenvalue weighted by Crippen LogP contribution is 2.16. The monoisotopic (exact) mass is 353 g/mol. The van der Waals surface area contributed by atoms with Crippen LogP contribution in [0.2, 0.25) is 0 Å². The van der Waals surface area contributed by atoms with Crippen molar-refractivity contribution in [1.29, 1.82) is 0 Å². The average Bonchev–Trinajstić information content (AvgIpc) is 2.80. The van der Waals surface area contributed by atoms with Crippen LogP contribution in [0.25, 0.3) is 0 Å². The van der Waals surface area contributed by atoms with Gasteiger partial charge in [-0.15, -0.1) is 12.4 Å². The second-order valence-corrected chi connectivity index (χ2v) is 6.47. The van der Waals surface area contributed by atoms with Crippen molar-refractivity contribution in [3.63, 3.8) is 0 Å². The molecule has 1 aromatic rings. The third kappa shape index (κ3) is 4.95. The first-order chi connectivity index (χ1) is 11.0. The summed E-state index contributed by atoms with van der Waals surface area (Å²) in [4.78, 5) is 28.8. The maximum absolute atomic E-state index is 12.6. The molecule has 134 valence electrons. The second kappa shape index (κ2) is 9.04. The van der Waals surface area contributed by atoms with Crippen molar-refractivity contribution >= 4 is 24.2 Å². The molecule has 0 bridgehead atoms. The van der Waals surface area contributed by atoms with E-state index in [-0.39, 0.29) is 24.2 Å². The van der Waals surface area contributed by atoms with E-state index in [1.807, 2.05) is 47.1 Å². The molecule has 0 aliphatic carbocycles. The fraction of sp³-hybridized carbons (Fsp3) is 0.556. The minimum absolute atomic E-state index is 0. The van der Waals surface area contributed by atoms with Crippen molar-refractivity contribution in [2.75, 3.05) is 26.2 Å². The lowest BCUT2D eigenvalue weighted by molar-refractivity contribution is -0.136. The van der Waals surface area contributed by atoms with E-state index in [1.165, 1.54) is 0 Å². The number of benzene rings is 1. The molecule has 1 heterocycles. The minimum atomic E-state index is -0.812. The van der Waals surface area contributed by atoms with Gasteiger partial charge in [0.05, 0.1) is 5.54 Å². The Hall–Kier alpha value is -1.59. The third-order valence-corrected chi connectivity index (χ3v) is 4.35. The summed E-state index contributed by atoms with van der Waals surface area (Å²) < 4.78 is 0. The molecule has 24 heavy (non-hydrogen) atoms. The van der Waals surface area contributed by atoms with Crippen LogP contribution in [0, 0.1) is 0 Å². The van der Waals surface area contributed by atoms with Crippen molar-refractivity contribution in [3.05, 3.63) is 35.9 Å². The smallest absolute Gasteiger partial charge is 0.253 e. The van der Waals surface area contributed by atoms with E-state index in [9.17, 15) is 9.59 Å². The van der Waals surface area contributed by atoms with Gasteiger partial charge in [0, 0.05) is 31.7 Å². The molecule has 1 aromatic carbocycles. The number of carbonyl (C=O) groups excluding carboxylic acids is 2. The number of nitrogens with zero attached hydrogens (tertiary/aromatic N) is 2. The second-order valence-electron chi connectivity index (χ2n) is 6.47. The highest BCUT2D eigenvalue weighted by atomic mass is 35.5. The molecule has 1 aliphatic rings. The molecule has 0 aromatic heterocycles. The molecule has 0 saturated carbocycles. The first-order valence-electron chi connectivity index (χ1n) is 8.38. The lowest BCUT2D eigenvalue weighted by Gasteiger charge is -2.31. The minimum Gasteiger partial charge on any atom is -0.339 e. The first-order valence-corrected chi connectivity index (χ1v) is 8.38. The Labute approximate surface area is 150 Å². The number of amides is 2. The number of rotatable bonds is 4. The van der Waals surface area contributed by atoms with Crippen LogP contribution >= 0.6 is 12.4 Å². The van der Waals surface area contributed by atoms with Gasteiger partial charge in [0.15, 0.2) is 0 Å². The standard InChI is InChI=1S/C18H27N3O2.ClH/c1-3-10-18(2,19)17(23)21-12-7-11-20(13-14-21)16(22)15-8-5-4-6-9-15;/h4-6,8-9H,3,7,10-14,19H2,1-2H3;1H. The summed E-state index contributed by atoms with van der Waals surface area (Å²) >= 11 is 0. The predicted molar refractivity (Wildman–Crippen MR) is 98.3 cm³/mol. The van der Waals surface area contributed by atoms with Gasteiger partial charge < -0.3 is 15.5 Å². The molecular weight excluding hydrogens is 326 g/mol. The predicted octanol–water partition coefficient (Wildman–Crippen LogP) is 2.30. The molecule has 0 radical (unpaired) electrons. The van der Waals surface area contributed by atoms with Gasteiger partial charge in [0.25, 0.3) is 5.91 Å². The van der Waals surface area contributed by atoms with E-state index in [2.05, 4.69) is 0 Å². The zero-order valence-corrected chi connectivity index (χ0v) is 15.3. The van der Waals surface area contributed by atoms with Crippen LogP contribution < -0.4 is 5.73 Å². The Morgan fingerprint density at radius 2 is 1.67 bits per heavy atom. The lowest BCUT2D eigenvalue weighted by atomic mass is 9.95. The normalized spacial score (nSPS) is 17.5. The summed E-state index contributed by atoms with van der Waals surface area (Å²) in [6.45, 7) is 6.27. The van der Waals surface area contributed by atoms with Gasteiger partial charge in [-0.25, -0.2) is 0 Å². The van der Waals surface area contributed by atoms with Gasteiger partial charge in [-0.3, -0.25) is 9.59 Å². The van der Waals surface area contributed by atoms with Gasteiger partial charge in [-0.05, 0) is 31.9 Å². The van der Waals surface area contributed by atoms with Gasteiger partial charge in [0.2, 0.25) is 5.91 Å². The van der Waals surface area contributed by atoms with E-state index in [4.69, 9.17) is 5.73 Å². The molecule has 1 fully saturated rings. The molecule has 1 atom stereocenters. The van der Waals surface area contributed by atoms with Crippen LogP contribution in [-0.4, -0.2) is 53.3 Å². The topological polar surface area (TPSA) is 66.6 Å². The highest BCUT2D eigenvalue weighted by Gasteiger charge is 2.33. The first kappa shape index (κ1) is 20.5. The Morgan fingerprint density at radius 1 is 1.08 bits per heavy atom. The number of halogens is 1. The van der Waals surface area contributed by atoms with Crippen molar-refractivity contribution in [3.8, 4) is 0 Å². The van der Waals surface area contributed by atoms with Crippen LogP contribution in [0.5, 0.6) is 0 Å². The molecule has 1 aliphatic heterocycles. The van der Waals surface area contributed by atoms with Gasteiger partial charge in [-0.2, -0.15) is 0 Å². The van der Waals surface area contributed by atoms with Crippen molar-refractivity contribution in [1.82, 2.24) is 9.80 Å². The fourth-order valence-corrected chi connectivity index (χ4v) is 3.07. The molecule has 2 amide bonds. The molecule has 1 unspecified atom stereocenters. The summed E-state index contributed by atoms with van der Waals surface area (Å²) in [7, 11) is 0. The third-order valence-electron chi connectivity index (χ3n) is 4.35. The molecule has 5 nitrogen and oxygen atoms in total. The largest absolute Gasteiger partial charge is 0.339 e. The van der Waals surface area contributed by atoms with Crippen LogP contribution in [0.4, 0.5) is 0 Å². The molecule has 1 saturated heterocycles. The van der Waals surface area contributed by atoms with E-state index in [0.29, 0.717) is 38.2 Å². The van der Waals surface area contributed by atoms with E-state index in [0.717, 1.165) is 12.8 Å². The molecule has 2 N–H and O–H groups in total. The van der Waals surface area contributed by atoms with E-state index >= 15 is 0 Å². The van der Waals surface area contributed by atoms with Gasteiger partial charge in [-0.1, -0.05) is 31.5 Å². The van der Waals surface area contributed by atoms with Gasteiger partial charge in [0.1, 0.15) is 0 Å². The van der Waals surface area contributed by atoms with Crippen LogP contribution in [0.15, 0.2) is 30.3 Å². The van der Waals surface area contributed by atoms with Crippen LogP contribution in [-0.2, 0) is 4.79 Å². The van der Waals surface area contributed by atoms with Crippen LogP contribution in [0.3, 0.4) is 0 Å². The maximum atomic E-state index is 12.6. The number of hydrogen-bond donors (Lipinski definition) is 1. The zero-order valence-electron chi connectivity index (χ0n) is 14.5. The number of nitrogens with two attached hydrogens (primary N) is 1. The zero-order chi connectivity index (χ0) is 16.9. The van der Waals surface area contributed by atoms with Crippen LogP contribution in [0.1, 0.15) is 43.5 Å². The Balaban J connectivity index is 0.00000288. The quantitative estimate of drug-likeness (QED) is 0.903. The Bertz CT molecular complexity index is 548. The Morgan fingerprint density at radius 3 is 2.29 bits per heavy atom. The summed E-state index contributed by atoms with van der Waals surface area (Å²) in [5, 5.41) is 0. The van der Waals surface area contributed by atoms with Crippen molar-refractivity contribution in [2.45, 2.75) is 38.6 Å². The fourth-order valence-electron chi connectivity index (χ4n) is 3.07. The lowest BCUT2D eigenvalue weighted by Crippen LogP contribution is -2.54. The highest BCUT2D eigenvalue weighted by molar-refractivity contribution is 5.94. The number of hydrogen-bond acceptors (Lipinski definition) is 3. The van der Waals surface area contributed by atoms with E-state index in [1.54, 1.807) is 6.92 Å². The molecule has 6 heteroatoms. The number of carbonyl (C=O) groups is 2. The summed E-state index contributed by atoms with van der Waals surface area (Å²) in [6, 6.07) is 9.29. The maximum Gasteiger partial charge on any atom is 0.253 e. The van der Waals surface area contributed by atoms with Crippen molar-refractivity contribution in [2.24, 2.45) is 5.73 Å². The summed E-state index contributed by atoms with van der Waals surface area (Å²) in [5.74, 6) is 0.0253. The SMILES string of the molecule is CCCC(C)(N)C(=O)N1CCCN(C(=O)c2ccccc2)CC1.Cl. The summed E-state index contributed by atoms with van der Waals surface area (Å²) in [5.41, 5.74) is 6.05. The van der Waals surface area contributed by atoms with Gasteiger partial charge >= 0.3 is 0 Å². The van der Waals surface area contributed by atoms with E-state index < -0.39 is 5.54 Å². The molecule has 0 spiro atoms. The molecule has 2 rings (SSSR count). The van der Waals surface area contributed by atoms with Crippen molar-refractivity contribution < 1.29 is 9.59 Å². The average molecular weight is 354 g/mol. The summed E-state index contributed by atoms with van der Waals surface area (Å²) in [6.07, 6.45) is 2.34.